The van der Waals surface area contributed by atoms with Crippen LogP contribution in [0.1, 0.15) is 26.7 Å². The van der Waals surface area contributed by atoms with E-state index in [-0.39, 0.29) is 22.5 Å². The Balaban J connectivity index is 2.53. The number of piperidine rings is 1. The van der Waals surface area contributed by atoms with E-state index in [1.165, 1.54) is 22.5 Å². The van der Waals surface area contributed by atoms with Crippen LogP contribution in [0.5, 0.6) is 0 Å². The van der Waals surface area contributed by atoms with Gasteiger partial charge in [0.1, 0.15) is 0 Å². The normalized spacial score (nSPS) is 24.0. The molecular formula is C13H17BrN2O4S. The molecule has 0 radical (unpaired) electrons. The smallest absolute Gasteiger partial charge is 0.258 e. The minimum absolute atomic E-state index is 0.165. The van der Waals surface area contributed by atoms with Gasteiger partial charge in [-0.25, -0.2) is 8.42 Å². The van der Waals surface area contributed by atoms with Crippen LogP contribution < -0.4 is 0 Å². The van der Waals surface area contributed by atoms with E-state index in [2.05, 4.69) is 15.9 Å². The Morgan fingerprint density at radius 1 is 1.38 bits per heavy atom. The molecule has 0 amide bonds. The second-order valence-corrected chi connectivity index (χ2v) is 8.12. The molecule has 0 N–H and O–H groups in total. The minimum Gasteiger partial charge on any atom is -0.258 e. The van der Waals surface area contributed by atoms with E-state index in [0.717, 1.165) is 12.8 Å². The Kier molecular flexibility index (Phi) is 4.69. The molecule has 1 aromatic rings. The number of hydrogen-bond donors (Lipinski definition) is 0. The minimum atomic E-state index is -3.88. The van der Waals surface area contributed by atoms with E-state index < -0.39 is 14.9 Å². The molecule has 6 nitrogen and oxygen atoms in total. The van der Waals surface area contributed by atoms with Crippen molar-refractivity contribution in [2.75, 3.05) is 6.54 Å². The van der Waals surface area contributed by atoms with Crippen LogP contribution in [0, 0.1) is 16.0 Å². The molecule has 0 bridgehead atoms. The van der Waals surface area contributed by atoms with Gasteiger partial charge in [0.2, 0.25) is 10.0 Å². The highest BCUT2D eigenvalue weighted by molar-refractivity contribution is 9.10. The van der Waals surface area contributed by atoms with Gasteiger partial charge in [0, 0.05) is 23.1 Å². The molecule has 1 aromatic carbocycles. The van der Waals surface area contributed by atoms with E-state index in [4.69, 9.17) is 0 Å². The summed E-state index contributed by atoms with van der Waals surface area (Å²) in [7, 11) is -3.88. The van der Waals surface area contributed by atoms with Gasteiger partial charge in [-0.15, -0.1) is 0 Å². The largest absolute Gasteiger partial charge is 0.289 e. The average Bonchev–Trinajstić information content (AvgIpc) is 2.41. The fourth-order valence-electron chi connectivity index (χ4n) is 2.61. The molecule has 0 saturated carbocycles. The summed E-state index contributed by atoms with van der Waals surface area (Å²) in [5.41, 5.74) is -0.386. The van der Waals surface area contributed by atoms with Crippen molar-refractivity contribution in [1.82, 2.24) is 4.31 Å². The van der Waals surface area contributed by atoms with Gasteiger partial charge in [-0.1, -0.05) is 22.9 Å². The summed E-state index contributed by atoms with van der Waals surface area (Å²) in [6, 6.07) is 3.83. The van der Waals surface area contributed by atoms with Crippen molar-refractivity contribution in [3.05, 3.63) is 32.8 Å². The Labute approximate surface area is 132 Å². The molecule has 2 atom stereocenters. The lowest BCUT2D eigenvalue weighted by Crippen LogP contribution is -2.46. The summed E-state index contributed by atoms with van der Waals surface area (Å²) in [6.45, 7) is 4.25. The first-order valence-corrected chi connectivity index (χ1v) is 8.94. The number of sulfonamides is 1. The van der Waals surface area contributed by atoms with Crippen molar-refractivity contribution >= 4 is 31.6 Å². The maximum absolute atomic E-state index is 12.8. The monoisotopic (exact) mass is 376 g/mol. The van der Waals surface area contributed by atoms with Gasteiger partial charge >= 0.3 is 0 Å². The molecule has 1 fully saturated rings. The first-order chi connectivity index (χ1) is 9.75. The van der Waals surface area contributed by atoms with Crippen LogP contribution in [0.4, 0.5) is 5.69 Å². The molecule has 8 heteroatoms. The first-order valence-electron chi connectivity index (χ1n) is 6.71. The van der Waals surface area contributed by atoms with Crippen LogP contribution >= 0.6 is 15.9 Å². The number of halogens is 1. The van der Waals surface area contributed by atoms with E-state index in [9.17, 15) is 18.5 Å². The molecule has 21 heavy (non-hydrogen) atoms. The van der Waals surface area contributed by atoms with Gasteiger partial charge in [0.15, 0.2) is 4.90 Å². The molecule has 1 heterocycles. The molecule has 116 valence electrons. The third kappa shape index (κ3) is 3.12. The SMILES string of the molecule is CC1CCCN(S(=O)(=O)c2cc(Br)ccc2[N+](=O)[O-])C1C. The summed E-state index contributed by atoms with van der Waals surface area (Å²) < 4.78 is 27.5. The highest BCUT2D eigenvalue weighted by Gasteiger charge is 2.38. The maximum Gasteiger partial charge on any atom is 0.289 e. The van der Waals surface area contributed by atoms with Gasteiger partial charge in [0.25, 0.3) is 5.69 Å². The lowest BCUT2D eigenvalue weighted by molar-refractivity contribution is -0.387. The standard InChI is InChI=1S/C13H17BrN2O4S/c1-9-4-3-7-15(10(9)2)21(19,20)13-8-11(14)5-6-12(13)16(17)18/h5-6,8-10H,3-4,7H2,1-2H3. The van der Waals surface area contributed by atoms with Gasteiger partial charge in [-0.3, -0.25) is 10.1 Å². The van der Waals surface area contributed by atoms with Crippen LogP contribution in [0.25, 0.3) is 0 Å². The Bertz CT molecular complexity index is 662. The van der Waals surface area contributed by atoms with Crippen molar-refractivity contribution in [3.63, 3.8) is 0 Å². The van der Waals surface area contributed by atoms with Crippen molar-refractivity contribution in [2.24, 2.45) is 5.92 Å². The second kappa shape index (κ2) is 6.02. The zero-order valence-electron chi connectivity index (χ0n) is 11.8. The summed E-state index contributed by atoms with van der Waals surface area (Å²) >= 11 is 3.18. The summed E-state index contributed by atoms with van der Waals surface area (Å²) in [5, 5.41) is 11.1. The predicted molar refractivity (Wildman–Crippen MR) is 82.5 cm³/mol. The highest BCUT2D eigenvalue weighted by Crippen LogP contribution is 2.34. The van der Waals surface area contributed by atoms with E-state index >= 15 is 0 Å². The molecule has 0 aliphatic carbocycles. The van der Waals surface area contributed by atoms with Crippen LogP contribution in [-0.2, 0) is 10.0 Å². The number of nitrogens with zero attached hydrogens (tertiary/aromatic N) is 2. The number of nitro groups is 1. The molecule has 1 aliphatic heterocycles. The first kappa shape index (κ1) is 16.4. The van der Waals surface area contributed by atoms with Gasteiger partial charge in [0.05, 0.1) is 4.92 Å². The summed E-state index contributed by atoms with van der Waals surface area (Å²) in [4.78, 5) is 10.2. The second-order valence-electron chi connectivity index (χ2n) is 5.35. The van der Waals surface area contributed by atoms with Gasteiger partial charge in [-0.05, 0) is 37.8 Å². The summed E-state index contributed by atoms with van der Waals surface area (Å²) in [6.07, 6.45) is 1.74. The molecule has 1 saturated heterocycles. The lowest BCUT2D eigenvalue weighted by atomic mass is 9.94. The third-order valence-electron chi connectivity index (χ3n) is 4.02. The molecule has 2 unspecified atom stereocenters. The fraction of sp³-hybridized carbons (Fsp3) is 0.538. The topological polar surface area (TPSA) is 80.5 Å². The van der Waals surface area contributed by atoms with Gasteiger partial charge < -0.3 is 0 Å². The third-order valence-corrected chi connectivity index (χ3v) is 6.53. The van der Waals surface area contributed by atoms with E-state index in [1.807, 2.05) is 13.8 Å². The van der Waals surface area contributed by atoms with Crippen molar-refractivity contribution in [3.8, 4) is 0 Å². The van der Waals surface area contributed by atoms with Crippen molar-refractivity contribution in [2.45, 2.75) is 37.6 Å². The van der Waals surface area contributed by atoms with E-state index in [0.29, 0.717) is 11.0 Å². The quantitative estimate of drug-likeness (QED) is 0.599. The Morgan fingerprint density at radius 2 is 2.05 bits per heavy atom. The van der Waals surface area contributed by atoms with Crippen LogP contribution in [0.2, 0.25) is 0 Å². The summed E-state index contributed by atoms with van der Waals surface area (Å²) in [5.74, 6) is 0.236. The van der Waals surface area contributed by atoms with Crippen LogP contribution in [-0.4, -0.2) is 30.2 Å². The van der Waals surface area contributed by atoms with E-state index in [1.54, 1.807) is 0 Å². The molecular weight excluding hydrogens is 360 g/mol. The zero-order chi connectivity index (χ0) is 15.8. The molecule has 0 spiro atoms. The number of rotatable bonds is 3. The fourth-order valence-corrected chi connectivity index (χ4v) is 5.07. The number of benzene rings is 1. The molecule has 0 aromatic heterocycles. The maximum atomic E-state index is 12.8. The molecule has 2 rings (SSSR count). The zero-order valence-corrected chi connectivity index (χ0v) is 14.2. The van der Waals surface area contributed by atoms with Crippen LogP contribution in [0.15, 0.2) is 27.6 Å². The molecule has 1 aliphatic rings. The Morgan fingerprint density at radius 3 is 2.67 bits per heavy atom. The predicted octanol–water partition coefficient (Wildman–Crippen LogP) is 3.17. The van der Waals surface area contributed by atoms with Gasteiger partial charge in [-0.2, -0.15) is 4.31 Å². The number of nitro benzene ring substituents is 1. The van der Waals surface area contributed by atoms with Crippen molar-refractivity contribution in [1.29, 1.82) is 0 Å². The highest BCUT2D eigenvalue weighted by atomic mass is 79.9. The number of hydrogen-bond acceptors (Lipinski definition) is 4. The van der Waals surface area contributed by atoms with Crippen LogP contribution in [0.3, 0.4) is 0 Å². The average molecular weight is 377 g/mol. The van der Waals surface area contributed by atoms with Crippen molar-refractivity contribution < 1.29 is 13.3 Å². The lowest BCUT2D eigenvalue weighted by Gasteiger charge is -2.36. The Hall–Kier alpha value is -0.990.